The van der Waals surface area contributed by atoms with Gasteiger partial charge in [0.25, 0.3) is 5.91 Å². The van der Waals surface area contributed by atoms with Gasteiger partial charge < -0.3 is 5.32 Å². The van der Waals surface area contributed by atoms with Crippen LogP contribution in [-0.2, 0) is 6.42 Å². The summed E-state index contributed by atoms with van der Waals surface area (Å²) < 4.78 is 0. The van der Waals surface area contributed by atoms with E-state index in [9.17, 15) is 4.79 Å². The molecule has 3 nitrogen and oxygen atoms in total. The van der Waals surface area contributed by atoms with E-state index in [4.69, 9.17) is 4.98 Å². The van der Waals surface area contributed by atoms with Crippen LogP contribution < -0.4 is 5.32 Å². The predicted molar refractivity (Wildman–Crippen MR) is 103 cm³/mol. The highest BCUT2D eigenvalue weighted by atomic mass is 79.9. The standard InChI is InChI=1S/C20H19BrN2O/c21-14-5-4-10-17-13-12-15-9-6-11-18(19(15)22-17)23-20(24)16-7-2-1-3-8-16/h1-3,6-9,11-13H,4-5,10,14H2,(H,23,24). The maximum Gasteiger partial charge on any atom is 0.255 e. The van der Waals surface area contributed by atoms with Crippen molar-refractivity contribution in [3.8, 4) is 0 Å². The molecule has 0 unspecified atom stereocenters. The molecule has 3 aromatic rings. The van der Waals surface area contributed by atoms with E-state index in [1.54, 1.807) is 12.1 Å². The fourth-order valence-corrected chi connectivity index (χ4v) is 3.01. The number of hydrogen-bond donors (Lipinski definition) is 1. The number of hydrogen-bond acceptors (Lipinski definition) is 2. The summed E-state index contributed by atoms with van der Waals surface area (Å²) in [4.78, 5) is 17.2. The van der Waals surface area contributed by atoms with E-state index in [1.807, 2.05) is 36.4 Å². The van der Waals surface area contributed by atoms with Crippen molar-refractivity contribution < 1.29 is 4.79 Å². The number of carbonyl (C=O) groups excluding carboxylic acids is 1. The Bertz CT molecular complexity index is 833. The molecule has 2 aromatic carbocycles. The number of unbranched alkanes of at least 4 members (excludes halogenated alkanes) is 1. The number of aromatic nitrogens is 1. The third kappa shape index (κ3) is 4.01. The molecule has 0 saturated heterocycles. The second kappa shape index (κ2) is 8.06. The van der Waals surface area contributed by atoms with Gasteiger partial charge in [-0.25, -0.2) is 0 Å². The quantitative estimate of drug-likeness (QED) is 0.469. The van der Waals surface area contributed by atoms with Crippen LogP contribution in [0.5, 0.6) is 0 Å². The van der Waals surface area contributed by atoms with Crippen LogP contribution in [-0.4, -0.2) is 16.2 Å². The van der Waals surface area contributed by atoms with Crippen molar-refractivity contribution in [2.75, 3.05) is 10.6 Å². The van der Waals surface area contributed by atoms with E-state index < -0.39 is 0 Å². The number of nitrogens with zero attached hydrogens (tertiary/aromatic N) is 1. The Hall–Kier alpha value is -2.20. The Morgan fingerprint density at radius 1 is 0.958 bits per heavy atom. The molecule has 0 aliphatic heterocycles. The lowest BCUT2D eigenvalue weighted by molar-refractivity contribution is 0.102. The molecule has 24 heavy (non-hydrogen) atoms. The minimum atomic E-state index is -0.116. The fourth-order valence-electron chi connectivity index (χ4n) is 2.61. The van der Waals surface area contributed by atoms with Gasteiger partial charge in [-0.15, -0.1) is 0 Å². The molecule has 0 atom stereocenters. The average Bonchev–Trinajstić information content (AvgIpc) is 2.63. The monoisotopic (exact) mass is 382 g/mol. The maximum atomic E-state index is 12.4. The minimum absolute atomic E-state index is 0.116. The number of carbonyl (C=O) groups is 1. The van der Waals surface area contributed by atoms with Gasteiger partial charge in [-0.05, 0) is 43.5 Å². The second-order valence-electron chi connectivity index (χ2n) is 5.65. The number of alkyl halides is 1. The van der Waals surface area contributed by atoms with Gasteiger partial charge in [0.2, 0.25) is 0 Å². The van der Waals surface area contributed by atoms with Crippen molar-refractivity contribution in [1.29, 1.82) is 0 Å². The van der Waals surface area contributed by atoms with Crippen LogP contribution in [0.1, 0.15) is 28.9 Å². The Labute approximate surface area is 150 Å². The van der Waals surface area contributed by atoms with Crippen molar-refractivity contribution >= 4 is 38.4 Å². The number of amides is 1. The van der Waals surface area contributed by atoms with Gasteiger partial charge in [-0.2, -0.15) is 0 Å². The molecule has 0 aliphatic carbocycles. The normalized spacial score (nSPS) is 10.7. The van der Waals surface area contributed by atoms with Gasteiger partial charge in [0.1, 0.15) is 0 Å². The molecule has 1 heterocycles. The maximum absolute atomic E-state index is 12.4. The van der Waals surface area contributed by atoms with Crippen molar-refractivity contribution in [3.05, 3.63) is 71.9 Å². The first-order valence-electron chi connectivity index (χ1n) is 8.09. The number of para-hydroxylation sites is 1. The van der Waals surface area contributed by atoms with Gasteiger partial charge >= 0.3 is 0 Å². The number of fused-ring (bicyclic) bond motifs is 1. The first-order chi connectivity index (χ1) is 11.8. The summed E-state index contributed by atoms with van der Waals surface area (Å²) in [7, 11) is 0. The number of benzene rings is 2. The van der Waals surface area contributed by atoms with Crippen LogP contribution in [0.4, 0.5) is 5.69 Å². The summed E-state index contributed by atoms with van der Waals surface area (Å²) in [6.45, 7) is 0. The molecule has 122 valence electrons. The van der Waals surface area contributed by atoms with Crippen molar-refractivity contribution in [2.45, 2.75) is 19.3 Å². The zero-order chi connectivity index (χ0) is 16.8. The third-order valence-electron chi connectivity index (χ3n) is 3.88. The lowest BCUT2D eigenvalue weighted by Crippen LogP contribution is -2.12. The van der Waals surface area contributed by atoms with Crippen molar-refractivity contribution in [3.63, 3.8) is 0 Å². The van der Waals surface area contributed by atoms with Crippen LogP contribution in [0.2, 0.25) is 0 Å². The number of pyridine rings is 1. The molecule has 1 N–H and O–H groups in total. The zero-order valence-electron chi connectivity index (χ0n) is 13.3. The van der Waals surface area contributed by atoms with Gasteiger partial charge in [-0.3, -0.25) is 9.78 Å². The number of rotatable bonds is 6. The molecule has 0 radical (unpaired) electrons. The summed E-state index contributed by atoms with van der Waals surface area (Å²) in [6, 6.07) is 19.2. The summed E-state index contributed by atoms with van der Waals surface area (Å²) in [6.07, 6.45) is 3.18. The third-order valence-corrected chi connectivity index (χ3v) is 4.44. The Morgan fingerprint density at radius 3 is 2.58 bits per heavy atom. The topological polar surface area (TPSA) is 42.0 Å². The smallest absolute Gasteiger partial charge is 0.255 e. The number of halogens is 1. The highest BCUT2D eigenvalue weighted by molar-refractivity contribution is 9.09. The first kappa shape index (κ1) is 16.7. The first-order valence-corrected chi connectivity index (χ1v) is 9.21. The highest BCUT2D eigenvalue weighted by Crippen LogP contribution is 2.23. The lowest BCUT2D eigenvalue weighted by atomic mass is 10.1. The second-order valence-corrected chi connectivity index (χ2v) is 6.44. The van der Waals surface area contributed by atoms with E-state index in [-0.39, 0.29) is 5.91 Å². The van der Waals surface area contributed by atoms with Gasteiger partial charge in [-0.1, -0.05) is 52.3 Å². The molecule has 1 aromatic heterocycles. The summed E-state index contributed by atoms with van der Waals surface area (Å²) in [5.74, 6) is -0.116. The molecule has 1 amide bonds. The summed E-state index contributed by atoms with van der Waals surface area (Å²) >= 11 is 3.46. The average molecular weight is 383 g/mol. The molecular formula is C20H19BrN2O. The largest absolute Gasteiger partial charge is 0.320 e. The van der Waals surface area contributed by atoms with E-state index in [1.165, 1.54) is 0 Å². The SMILES string of the molecule is O=C(Nc1cccc2ccc(CCCCBr)nc12)c1ccccc1. The van der Waals surface area contributed by atoms with Gasteiger partial charge in [0.05, 0.1) is 11.2 Å². The Kier molecular flexibility index (Phi) is 5.59. The molecule has 0 fully saturated rings. The molecular weight excluding hydrogens is 364 g/mol. The van der Waals surface area contributed by atoms with E-state index in [0.717, 1.165) is 46.9 Å². The predicted octanol–water partition coefficient (Wildman–Crippen LogP) is 5.20. The number of anilines is 1. The van der Waals surface area contributed by atoms with E-state index in [0.29, 0.717) is 5.56 Å². The van der Waals surface area contributed by atoms with Crippen molar-refractivity contribution in [1.82, 2.24) is 4.98 Å². The fraction of sp³-hybridized carbons (Fsp3) is 0.200. The Balaban J connectivity index is 1.86. The molecule has 0 spiro atoms. The number of aryl methyl sites for hydroxylation is 1. The van der Waals surface area contributed by atoms with Crippen LogP contribution in [0.15, 0.2) is 60.7 Å². The highest BCUT2D eigenvalue weighted by Gasteiger charge is 2.09. The molecule has 4 heteroatoms. The van der Waals surface area contributed by atoms with Crippen molar-refractivity contribution in [2.24, 2.45) is 0 Å². The zero-order valence-corrected chi connectivity index (χ0v) is 14.9. The summed E-state index contributed by atoms with van der Waals surface area (Å²) in [5, 5.41) is 5.03. The van der Waals surface area contributed by atoms with E-state index in [2.05, 4.69) is 33.4 Å². The van der Waals surface area contributed by atoms with Gasteiger partial charge in [0.15, 0.2) is 0 Å². The van der Waals surface area contributed by atoms with E-state index >= 15 is 0 Å². The van der Waals surface area contributed by atoms with Crippen LogP contribution in [0.3, 0.4) is 0 Å². The van der Waals surface area contributed by atoms with Crippen LogP contribution in [0.25, 0.3) is 10.9 Å². The molecule has 0 bridgehead atoms. The summed E-state index contributed by atoms with van der Waals surface area (Å²) in [5.41, 5.74) is 3.30. The molecule has 0 saturated carbocycles. The minimum Gasteiger partial charge on any atom is -0.320 e. The lowest BCUT2D eigenvalue weighted by Gasteiger charge is -2.10. The van der Waals surface area contributed by atoms with Crippen LogP contribution in [0, 0.1) is 0 Å². The Morgan fingerprint density at radius 2 is 1.79 bits per heavy atom. The molecule has 0 aliphatic rings. The number of nitrogens with one attached hydrogen (secondary N) is 1. The molecule has 3 rings (SSSR count). The van der Waals surface area contributed by atoms with Gasteiger partial charge in [0, 0.05) is 22.0 Å². The van der Waals surface area contributed by atoms with Crippen LogP contribution >= 0.6 is 15.9 Å².